The molecule has 1 aliphatic heterocycles. The molecule has 0 bridgehead atoms. The van der Waals surface area contributed by atoms with E-state index in [4.69, 9.17) is 19.3 Å². The molecule has 1 fully saturated rings. The summed E-state index contributed by atoms with van der Waals surface area (Å²) in [6, 6.07) is 12.4. The zero-order valence-corrected chi connectivity index (χ0v) is 19.7. The first-order valence-electron chi connectivity index (χ1n) is 10.3. The van der Waals surface area contributed by atoms with Crippen LogP contribution >= 0.6 is 11.8 Å². The predicted octanol–water partition coefficient (Wildman–Crippen LogP) is 4.43. The fourth-order valence-electron chi connectivity index (χ4n) is 3.07. The van der Waals surface area contributed by atoms with Crippen LogP contribution in [0.1, 0.15) is 19.4 Å². The van der Waals surface area contributed by atoms with Crippen LogP contribution in [0, 0.1) is 5.92 Å². The number of aliphatic imine (C=N–C) groups is 1. The quantitative estimate of drug-likeness (QED) is 0.542. The molecule has 0 aromatic heterocycles. The molecule has 1 N–H and O–H groups in total. The topological polar surface area (TPSA) is 97.7 Å². The molecular weight excluding hydrogens is 444 g/mol. The minimum absolute atomic E-state index is 0.119. The number of methoxy groups -OCH3 is 2. The second-order valence-electron chi connectivity index (χ2n) is 7.61. The lowest BCUT2D eigenvalue weighted by molar-refractivity contribution is -0.139. The number of carboxylic acids is 1. The molecule has 1 heterocycles. The Morgan fingerprint density at radius 3 is 2.45 bits per heavy atom. The number of thioether (sulfide) groups is 1. The van der Waals surface area contributed by atoms with Crippen molar-refractivity contribution in [2.75, 3.05) is 27.4 Å². The van der Waals surface area contributed by atoms with Crippen molar-refractivity contribution in [3.05, 3.63) is 52.9 Å². The van der Waals surface area contributed by atoms with Crippen LogP contribution in [-0.2, 0) is 9.59 Å². The minimum atomic E-state index is -1.08. The molecule has 1 aliphatic rings. The van der Waals surface area contributed by atoms with E-state index in [1.165, 1.54) is 18.9 Å². The van der Waals surface area contributed by atoms with Gasteiger partial charge in [-0.3, -0.25) is 9.69 Å². The van der Waals surface area contributed by atoms with Crippen molar-refractivity contribution in [2.45, 2.75) is 13.8 Å². The number of benzene rings is 2. The Kier molecular flexibility index (Phi) is 8.00. The van der Waals surface area contributed by atoms with Gasteiger partial charge in [-0.2, -0.15) is 0 Å². The maximum atomic E-state index is 13.2. The monoisotopic (exact) mass is 470 g/mol. The van der Waals surface area contributed by atoms with Gasteiger partial charge in [0, 0.05) is 6.54 Å². The average molecular weight is 471 g/mol. The van der Waals surface area contributed by atoms with Gasteiger partial charge < -0.3 is 19.3 Å². The second kappa shape index (κ2) is 10.9. The molecule has 0 saturated carbocycles. The maximum absolute atomic E-state index is 13.2. The molecule has 33 heavy (non-hydrogen) atoms. The lowest BCUT2D eigenvalue weighted by Crippen LogP contribution is -2.32. The van der Waals surface area contributed by atoms with Crippen LogP contribution < -0.4 is 14.2 Å². The lowest BCUT2D eigenvalue weighted by atomic mass is 10.1. The highest BCUT2D eigenvalue weighted by atomic mass is 32.2. The van der Waals surface area contributed by atoms with Crippen LogP contribution in [-0.4, -0.2) is 54.4 Å². The highest BCUT2D eigenvalue weighted by molar-refractivity contribution is 8.18. The van der Waals surface area contributed by atoms with Crippen molar-refractivity contribution in [3.8, 4) is 17.2 Å². The Balaban J connectivity index is 1.90. The first kappa shape index (κ1) is 24.2. The molecule has 0 radical (unpaired) electrons. The fraction of sp³-hybridized carbons (Fsp3) is 0.292. The van der Waals surface area contributed by atoms with Crippen molar-refractivity contribution >= 4 is 40.6 Å². The number of hydrogen-bond donors (Lipinski definition) is 1. The van der Waals surface area contributed by atoms with Crippen molar-refractivity contribution in [1.82, 2.24) is 4.90 Å². The normalized spacial score (nSPS) is 16.0. The molecule has 8 nitrogen and oxygen atoms in total. The van der Waals surface area contributed by atoms with Crippen molar-refractivity contribution in [1.29, 1.82) is 0 Å². The fourth-order valence-corrected chi connectivity index (χ4v) is 4.08. The second-order valence-corrected chi connectivity index (χ2v) is 8.61. The number of rotatable bonds is 9. The van der Waals surface area contributed by atoms with Crippen molar-refractivity contribution in [3.63, 3.8) is 0 Å². The van der Waals surface area contributed by atoms with E-state index in [-0.39, 0.29) is 11.8 Å². The highest BCUT2D eigenvalue weighted by Gasteiger charge is 2.33. The number of nitrogens with zero attached hydrogens (tertiary/aromatic N) is 2. The predicted molar refractivity (Wildman–Crippen MR) is 128 cm³/mol. The number of amides is 1. The molecule has 1 saturated heterocycles. The summed E-state index contributed by atoms with van der Waals surface area (Å²) < 4.78 is 15.8. The molecule has 0 atom stereocenters. The van der Waals surface area contributed by atoms with Gasteiger partial charge in [0.05, 0.1) is 24.8 Å². The van der Waals surface area contributed by atoms with Gasteiger partial charge in [-0.15, -0.1) is 0 Å². The van der Waals surface area contributed by atoms with E-state index >= 15 is 0 Å². The average Bonchev–Trinajstić information content (AvgIpc) is 3.06. The molecule has 0 aliphatic carbocycles. The van der Waals surface area contributed by atoms with Gasteiger partial charge in [-0.25, -0.2) is 9.79 Å². The first-order chi connectivity index (χ1) is 15.8. The Bertz CT molecular complexity index is 1080. The minimum Gasteiger partial charge on any atom is -0.497 e. The molecule has 0 spiro atoms. The van der Waals surface area contributed by atoms with E-state index < -0.39 is 12.6 Å². The Labute approximate surface area is 196 Å². The number of carboxylic acid groups (broad SMARTS) is 1. The van der Waals surface area contributed by atoms with Gasteiger partial charge in [0.1, 0.15) is 5.75 Å². The van der Waals surface area contributed by atoms with Gasteiger partial charge in [-0.1, -0.05) is 19.9 Å². The number of carbonyl (C=O) groups is 2. The zero-order chi connectivity index (χ0) is 24.0. The summed E-state index contributed by atoms with van der Waals surface area (Å²) >= 11 is 1.31. The standard InChI is InChI=1S/C24H26N2O6S/c1-15(2)13-26-23(29)21(33-24(26)25-17-6-8-18(30-3)9-7-17)12-16-5-10-19(20(11-16)31-4)32-14-22(27)28/h5-12,15H,13-14H2,1-4H3,(H,27,28). The van der Waals surface area contributed by atoms with Gasteiger partial charge in [0.15, 0.2) is 23.3 Å². The Morgan fingerprint density at radius 2 is 1.85 bits per heavy atom. The van der Waals surface area contributed by atoms with Crippen LogP contribution in [0.25, 0.3) is 6.08 Å². The molecule has 0 unspecified atom stereocenters. The van der Waals surface area contributed by atoms with Gasteiger partial charge >= 0.3 is 5.97 Å². The van der Waals surface area contributed by atoms with E-state index in [2.05, 4.69) is 4.99 Å². The third-order valence-corrected chi connectivity index (χ3v) is 5.58. The lowest BCUT2D eigenvalue weighted by Gasteiger charge is -2.17. The first-order valence-corrected chi connectivity index (χ1v) is 11.1. The molecule has 1 amide bonds. The number of hydrogen-bond acceptors (Lipinski definition) is 7. The summed E-state index contributed by atoms with van der Waals surface area (Å²) in [7, 11) is 3.08. The molecule has 3 rings (SSSR count). The van der Waals surface area contributed by atoms with Crippen molar-refractivity contribution < 1.29 is 28.9 Å². The SMILES string of the molecule is COc1ccc(N=C2SC(=Cc3ccc(OCC(=O)O)c(OC)c3)C(=O)N2CC(C)C)cc1. The van der Waals surface area contributed by atoms with Crippen molar-refractivity contribution in [2.24, 2.45) is 10.9 Å². The summed E-state index contributed by atoms with van der Waals surface area (Å²) in [4.78, 5) is 30.8. The van der Waals surface area contributed by atoms with Gasteiger partial charge in [-0.05, 0) is 65.7 Å². The van der Waals surface area contributed by atoms with Crippen LogP contribution in [0.15, 0.2) is 52.4 Å². The van der Waals surface area contributed by atoms with Gasteiger partial charge in [0.25, 0.3) is 5.91 Å². The highest BCUT2D eigenvalue weighted by Crippen LogP contribution is 2.36. The van der Waals surface area contributed by atoms with Crippen LogP contribution in [0.4, 0.5) is 5.69 Å². The zero-order valence-electron chi connectivity index (χ0n) is 18.9. The Morgan fingerprint density at radius 1 is 1.12 bits per heavy atom. The van der Waals surface area contributed by atoms with E-state index in [9.17, 15) is 9.59 Å². The smallest absolute Gasteiger partial charge is 0.341 e. The summed E-state index contributed by atoms with van der Waals surface area (Å²) in [5.74, 6) is 0.498. The van der Waals surface area contributed by atoms with Crippen LogP contribution in [0.5, 0.6) is 17.2 Å². The summed E-state index contributed by atoms with van der Waals surface area (Å²) in [6.07, 6.45) is 1.76. The molecule has 2 aromatic carbocycles. The third kappa shape index (κ3) is 6.29. The number of ether oxygens (including phenoxy) is 3. The van der Waals surface area contributed by atoms with Gasteiger partial charge in [0.2, 0.25) is 0 Å². The molecule has 9 heteroatoms. The van der Waals surface area contributed by atoms with E-state index in [1.54, 1.807) is 36.3 Å². The number of aliphatic carboxylic acids is 1. The molecule has 2 aromatic rings. The van der Waals surface area contributed by atoms with E-state index in [0.29, 0.717) is 28.1 Å². The maximum Gasteiger partial charge on any atom is 0.341 e. The van der Waals surface area contributed by atoms with E-state index in [0.717, 1.165) is 17.0 Å². The Hall–Kier alpha value is -3.46. The summed E-state index contributed by atoms with van der Waals surface area (Å²) in [5, 5.41) is 9.43. The summed E-state index contributed by atoms with van der Waals surface area (Å²) in [6.45, 7) is 4.17. The third-order valence-electron chi connectivity index (χ3n) is 4.57. The van der Waals surface area contributed by atoms with Crippen LogP contribution in [0.3, 0.4) is 0 Å². The molecule has 174 valence electrons. The summed E-state index contributed by atoms with van der Waals surface area (Å²) in [5.41, 5.74) is 1.45. The van der Waals surface area contributed by atoms with Crippen LogP contribution in [0.2, 0.25) is 0 Å². The molecular formula is C24H26N2O6S. The van der Waals surface area contributed by atoms with E-state index in [1.807, 2.05) is 38.1 Å². The largest absolute Gasteiger partial charge is 0.497 e. The number of carbonyl (C=O) groups excluding carboxylic acids is 1. The number of amidine groups is 1.